The van der Waals surface area contributed by atoms with Gasteiger partial charge in [0.05, 0.1) is 0 Å². The van der Waals surface area contributed by atoms with Crippen LogP contribution < -0.4 is 10.6 Å². The first kappa shape index (κ1) is 19.8. The zero-order chi connectivity index (χ0) is 16.1. The lowest BCUT2D eigenvalue weighted by Crippen LogP contribution is -2.44. The Kier molecular flexibility index (Phi) is 7.87. The highest BCUT2D eigenvalue weighted by Crippen LogP contribution is 2.13. The molecule has 2 rings (SSSR count). The van der Waals surface area contributed by atoms with Gasteiger partial charge in [-0.05, 0) is 26.3 Å². The first-order chi connectivity index (χ1) is 10.5. The van der Waals surface area contributed by atoms with Gasteiger partial charge < -0.3 is 20.0 Å². The van der Waals surface area contributed by atoms with E-state index in [4.69, 9.17) is 4.42 Å². The van der Waals surface area contributed by atoms with E-state index in [0.717, 1.165) is 42.6 Å². The van der Waals surface area contributed by atoms with Crippen molar-refractivity contribution in [2.24, 2.45) is 4.99 Å². The second-order valence-corrected chi connectivity index (χ2v) is 5.69. The molecule has 1 fully saturated rings. The second-order valence-electron chi connectivity index (χ2n) is 5.69. The monoisotopic (exact) mass is 434 g/mol. The normalized spacial score (nSPS) is 17.8. The third-order valence-electron chi connectivity index (χ3n) is 4.00. The van der Waals surface area contributed by atoms with Crippen LogP contribution in [0.1, 0.15) is 36.8 Å². The number of furan rings is 1. The lowest BCUT2D eigenvalue weighted by molar-refractivity contribution is -0.129. The van der Waals surface area contributed by atoms with Gasteiger partial charge in [0.15, 0.2) is 5.96 Å². The predicted octanol–water partition coefficient (Wildman–Crippen LogP) is 2.19. The van der Waals surface area contributed by atoms with Gasteiger partial charge in [-0.1, -0.05) is 6.92 Å². The molecule has 1 aromatic heterocycles. The number of hydrogen-bond acceptors (Lipinski definition) is 3. The van der Waals surface area contributed by atoms with Crippen LogP contribution in [0.4, 0.5) is 0 Å². The number of carbonyl (C=O) groups excluding carboxylic acids is 1. The zero-order valence-corrected chi connectivity index (χ0v) is 16.6. The molecule has 2 N–H and O–H groups in total. The number of likely N-dealkylation sites (tertiary alicyclic amines) is 1. The average Bonchev–Trinajstić information content (AvgIpc) is 3.09. The van der Waals surface area contributed by atoms with Gasteiger partial charge in [-0.25, -0.2) is 0 Å². The molecule has 2 heterocycles. The Morgan fingerprint density at radius 1 is 1.48 bits per heavy atom. The summed E-state index contributed by atoms with van der Waals surface area (Å²) in [4.78, 5) is 17.9. The summed E-state index contributed by atoms with van der Waals surface area (Å²) in [6, 6.07) is 2.29. The van der Waals surface area contributed by atoms with E-state index in [-0.39, 0.29) is 35.9 Å². The Hall–Kier alpha value is -1.25. The van der Waals surface area contributed by atoms with Crippen molar-refractivity contribution < 1.29 is 9.21 Å². The fraction of sp³-hybridized carbons (Fsp3) is 0.625. The Balaban J connectivity index is 0.00000264. The van der Waals surface area contributed by atoms with Crippen molar-refractivity contribution in [3.63, 3.8) is 0 Å². The van der Waals surface area contributed by atoms with Crippen LogP contribution >= 0.6 is 24.0 Å². The van der Waals surface area contributed by atoms with Crippen LogP contribution in [0.25, 0.3) is 0 Å². The minimum atomic E-state index is 0. The van der Waals surface area contributed by atoms with Gasteiger partial charge in [-0.3, -0.25) is 9.79 Å². The number of amides is 1. The number of aliphatic imine (C=N–C) groups is 1. The number of nitrogens with zero attached hydrogens (tertiary/aromatic N) is 2. The molecule has 1 unspecified atom stereocenters. The standard InChI is InChI=1S/C16H26N4O2.HI/c1-5-15(21)20-7-6-14(10-20)19-16(17-4)18-9-13-8-11(2)22-12(13)3;/h8,14H,5-7,9-10H2,1-4H3,(H2,17,18,19);1H. The summed E-state index contributed by atoms with van der Waals surface area (Å²) >= 11 is 0. The highest BCUT2D eigenvalue weighted by atomic mass is 127. The number of carbonyl (C=O) groups is 1. The smallest absolute Gasteiger partial charge is 0.222 e. The molecule has 1 aromatic rings. The summed E-state index contributed by atoms with van der Waals surface area (Å²) in [6.07, 6.45) is 1.52. The average molecular weight is 434 g/mol. The van der Waals surface area contributed by atoms with Crippen LogP contribution in [0, 0.1) is 13.8 Å². The third-order valence-corrected chi connectivity index (χ3v) is 4.00. The maximum atomic E-state index is 11.7. The SMILES string of the molecule is CCC(=O)N1CCC(NC(=NC)NCc2cc(C)oc2C)C1.I. The molecule has 130 valence electrons. The lowest BCUT2D eigenvalue weighted by atomic mass is 10.2. The van der Waals surface area contributed by atoms with Gasteiger partial charge >= 0.3 is 0 Å². The van der Waals surface area contributed by atoms with Gasteiger partial charge in [0.1, 0.15) is 11.5 Å². The van der Waals surface area contributed by atoms with Crippen molar-refractivity contribution in [3.05, 3.63) is 23.2 Å². The molecule has 1 amide bonds. The van der Waals surface area contributed by atoms with Crippen molar-refractivity contribution in [1.82, 2.24) is 15.5 Å². The van der Waals surface area contributed by atoms with Crippen LogP contribution in [0.5, 0.6) is 0 Å². The Labute approximate surface area is 155 Å². The van der Waals surface area contributed by atoms with Crippen LogP contribution in [-0.2, 0) is 11.3 Å². The largest absolute Gasteiger partial charge is 0.466 e. The lowest BCUT2D eigenvalue weighted by Gasteiger charge is -2.18. The quantitative estimate of drug-likeness (QED) is 0.433. The summed E-state index contributed by atoms with van der Waals surface area (Å²) in [7, 11) is 1.76. The van der Waals surface area contributed by atoms with Crippen molar-refractivity contribution in [3.8, 4) is 0 Å². The number of nitrogens with one attached hydrogen (secondary N) is 2. The molecule has 1 saturated heterocycles. The van der Waals surface area contributed by atoms with E-state index >= 15 is 0 Å². The molecule has 1 aliphatic rings. The van der Waals surface area contributed by atoms with Crippen LogP contribution in [0.3, 0.4) is 0 Å². The molecule has 0 spiro atoms. The third kappa shape index (κ3) is 5.40. The predicted molar refractivity (Wildman–Crippen MR) is 102 cm³/mol. The van der Waals surface area contributed by atoms with Gasteiger partial charge in [-0.15, -0.1) is 24.0 Å². The van der Waals surface area contributed by atoms with E-state index in [1.807, 2.05) is 31.7 Å². The minimum absolute atomic E-state index is 0. The highest BCUT2D eigenvalue weighted by Gasteiger charge is 2.25. The number of rotatable bonds is 4. The number of aryl methyl sites for hydroxylation is 2. The van der Waals surface area contributed by atoms with Crippen LogP contribution in [0.15, 0.2) is 15.5 Å². The Morgan fingerprint density at radius 2 is 2.22 bits per heavy atom. The van der Waals surface area contributed by atoms with Gasteiger partial charge in [0, 0.05) is 44.7 Å². The topological polar surface area (TPSA) is 69.9 Å². The molecule has 7 heteroatoms. The maximum absolute atomic E-state index is 11.7. The fourth-order valence-corrected chi connectivity index (χ4v) is 2.75. The molecular weight excluding hydrogens is 407 g/mol. The molecule has 0 radical (unpaired) electrons. The number of guanidine groups is 1. The molecular formula is C16H27IN4O2. The number of halogens is 1. The van der Waals surface area contributed by atoms with Crippen molar-refractivity contribution >= 4 is 35.8 Å². The molecule has 1 atom stereocenters. The minimum Gasteiger partial charge on any atom is -0.466 e. The van der Waals surface area contributed by atoms with Crippen molar-refractivity contribution in [2.75, 3.05) is 20.1 Å². The fourth-order valence-electron chi connectivity index (χ4n) is 2.75. The van der Waals surface area contributed by atoms with E-state index in [2.05, 4.69) is 15.6 Å². The summed E-state index contributed by atoms with van der Waals surface area (Å²) in [6.45, 7) is 8.05. The van der Waals surface area contributed by atoms with E-state index < -0.39 is 0 Å². The second kappa shape index (κ2) is 9.14. The van der Waals surface area contributed by atoms with Gasteiger partial charge in [0.25, 0.3) is 0 Å². The van der Waals surface area contributed by atoms with Crippen LogP contribution in [-0.4, -0.2) is 42.9 Å². The molecule has 1 aliphatic heterocycles. The Bertz CT molecular complexity index is 556. The van der Waals surface area contributed by atoms with Crippen molar-refractivity contribution in [1.29, 1.82) is 0 Å². The summed E-state index contributed by atoms with van der Waals surface area (Å²) in [5, 5.41) is 6.69. The first-order valence-corrected chi connectivity index (χ1v) is 7.84. The molecule has 6 nitrogen and oxygen atoms in total. The summed E-state index contributed by atoms with van der Waals surface area (Å²) in [5.74, 6) is 2.83. The van der Waals surface area contributed by atoms with E-state index in [9.17, 15) is 4.79 Å². The van der Waals surface area contributed by atoms with E-state index in [1.165, 1.54) is 0 Å². The van der Waals surface area contributed by atoms with E-state index in [1.54, 1.807) is 7.05 Å². The Morgan fingerprint density at radius 3 is 2.78 bits per heavy atom. The first-order valence-electron chi connectivity index (χ1n) is 7.84. The van der Waals surface area contributed by atoms with Crippen molar-refractivity contribution in [2.45, 2.75) is 46.2 Å². The summed E-state index contributed by atoms with van der Waals surface area (Å²) < 4.78 is 5.52. The maximum Gasteiger partial charge on any atom is 0.222 e. The van der Waals surface area contributed by atoms with E-state index in [0.29, 0.717) is 13.0 Å². The van der Waals surface area contributed by atoms with Gasteiger partial charge in [-0.2, -0.15) is 0 Å². The molecule has 0 bridgehead atoms. The molecule has 0 aliphatic carbocycles. The highest BCUT2D eigenvalue weighted by molar-refractivity contribution is 14.0. The molecule has 23 heavy (non-hydrogen) atoms. The number of hydrogen-bond donors (Lipinski definition) is 2. The molecule has 0 saturated carbocycles. The zero-order valence-electron chi connectivity index (χ0n) is 14.3. The summed E-state index contributed by atoms with van der Waals surface area (Å²) in [5.41, 5.74) is 1.13. The van der Waals surface area contributed by atoms with Gasteiger partial charge in [0.2, 0.25) is 5.91 Å². The van der Waals surface area contributed by atoms with Crippen LogP contribution in [0.2, 0.25) is 0 Å². The molecule has 0 aromatic carbocycles.